The molecule has 15 heavy (non-hydrogen) atoms. The summed E-state index contributed by atoms with van der Waals surface area (Å²) in [6, 6.07) is 0. The summed E-state index contributed by atoms with van der Waals surface area (Å²) in [5, 5.41) is 6.96. The van der Waals surface area contributed by atoms with Crippen molar-refractivity contribution < 1.29 is 4.79 Å². The number of hydrogen-bond donors (Lipinski definition) is 2. The molecular formula is C10H19ClN2OS. The van der Waals surface area contributed by atoms with Crippen LogP contribution in [-0.2, 0) is 4.79 Å². The van der Waals surface area contributed by atoms with Gasteiger partial charge in [-0.05, 0) is 31.6 Å². The van der Waals surface area contributed by atoms with Gasteiger partial charge in [-0.3, -0.25) is 4.79 Å². The van der Waals surface area contributed by atoms with Gasteiger partial charge in [0, 0.05) is 18.3 Å². The first-order chi connectivity index (χ1) is 6.86. The van der Waals surface area contributed by atoms with E-state index in [9.17, 15) is 4.79 Å². The van der Waals surface area contributed by atoms with Crippen LogP contribution in [0.1, 0.15) is 19.3 Å². The number of nitrogens with one attached hydrogen (secondary N) is 2. The first-order valence-corrected chi connectivity index (χ1v) is 6.51. The molecule has 2 saturated heterocycles. The van der Waals surface area contributed by atoms with Crippen LogP contribution in [0.5, 0.6) is 0 Å². The third kappa shape index (κ3) is 3.85. The van der Waals surface area contributed by atoms with Gasteiger partial charge in [0.2, 0.25) is 5.91 Å². The Morgan fingerprint density at radius 1 is 1.47 bits per heavy atom. The van der Waals surface area contributed by atoms with E-state index < -0.39 is 0 Å². The Kier molecular flexibility index (Phi) is 5.79. The normalized spacial score (nSPS) is 29.9. The largest absolute Gasteiger partial charge is 0.355 e. The highest BCUT2D eigenvalue weighted by molar-refractivity contribution is 8.00. The minimum absolute atomic E-state index is 0. The molecule has 2 heterocycles. The summed E-state index contributed by atoms with van der Waals surface area (Å²) in [6.07, 6.45) is 3.59. The molecule has 0 aromatic rings. The van der Waals surface area contributed by atoms with Crippen LogP contribution in [0.4, 0.5) is 0 Å². The molecule has 2 aliphatic heterocycles. The molecule has 1 amide bonds. The molecule has 2 rings (SSSR count). The third-order valence-corrected chi connectivity index (χ3v) is 4.36. The fourth-order valence-corrected chi connectivity index (χ4v) is 3.24. The van der Waals surface area contributed by atoms with Gasteiger partial charge in [-0.1, -0.05) is 0 Å². The summed E-state index contributed by atoms with van der Waals surface area (Å²) >= 11 is 2.00. The van der Waals surface area contributed by atoms with E-state index in [4.69, 9.17) is 0 Å². The number of amides is 1. The minimum Gasteiger partial charge on any atom is -0.355 e. The Bertz CT molecular complexity index is 204. The Hall–Kier alpha value is 0.0700. The number of rotatable bonds is 3. The number of halogens is 1. The highest BCUT2D eigenvalue weighted by Gasteiger charge is 2.23. The van der Waals surface area contributed by atoms with Crippen molar-refractivity contribution >= 4 is 30.1 Å². The minimum atomic E-state index is 0. The molecule has 0 aromatic heterocycles. The van der Waals surface area contributed by atoms with E-state index in [1.165, 1.54) is 18.6 Å². The first-order valence-electron chi connectivity index (χ1n) is 5.46. The van der Waals surface area contributed by atoms with E-state index in [1.807, 2.05) is 11.8 Å². The summed E-state index contributed by atoms with van der Waals surface area (Å²) in [7, 11) is 0. The van der Waals surface area contributed by atoms with Crippen LogP contribution in [-0.4, -0.2) is 36.5 Å². The predicted octanol–water partition coefficient (Wildman–Crippen LogP) is 1.03. The molecule has 5 heteroatoms. The molecule has 2 unspecified atom stereocenters. The van der Waals surface area contributed by atoms with Crippen molar-refractivity contribution in [3.63, 3.8) is 0 Å². The van der Waals surface area contributed by atoms with Crippen molar-refractivity contribution in [1.82, 2.24) is 10.6 Å². The summed E-state index contributed by atoms with van der Waals surface area (Å²) in [4.78, 5) is 11.6. The average molecular weight is 251 g/mol. The van der Waals surface area contributed by atoms with Crippen LogP contribution in [0.2, 0.25) is 0 Å². The molecule has 0 spiro atoms. The standard InChI is InChI=1S/C10H18N2OS.ClH/c13-10(8-3-4-11-6-8)12-7-9-2-1-5-14-9;/h8-9,11H,1-7H2,(H,12,13);1H. The monoisotopic (exact) mass is 250 g/mol. The molecule has 2 N–H and O–H groups in total. The van der Waals surface area contributed by atoms with Crippen molar-refractivity contribution in [3.8, 4) is 0 Å². The SMILES string of the molecule is Cl.O=C(NCC1CCCS1)C1CCNC1. The Balaban J connectivity index is 0.00000112. The molecule has 0 saturated carbocycles. The molecule has 0 bridgehead atoms. The molecule has 0 aliphatic carbocycles. The zero-order chi connectivity index (χ0) is 9.80. The predicted molar refractivity (Wildman–Crippen MR) is 66.7 cm³/mol. The lowest BCUT2D eigenvalue weighted by Crippen LogP contribution is -2.35. The number of carbonyl (C=O) groups excluding carboxylic acids is 1. The van der Waals surface area contributed by atoms with Crippen molar-refractivity contribution in [3.05, 3.63) is 0 Å². The van der Waals surface area contributed by atoms with E-state index in [1.54, 1.807) is 0 Å². The van der Waals surface area contributed by atoms with Gasteiger partial charge in [0.1, 0.15) is 0 Å². The molecule has 0 aromatic carbocycles. The lowest BCUT2D eigenvalue weighted by atomic mass is 10.1. The number of hydrogen-bond acceptors (Lipinski definition) is 3. The molecule has 2 atom stereocenters. The Morgan fingerprint density at radius 2 is 2.33 bits per heavy atom. The maximum atomic E-state index is 11.6. The van der Waals surface area contributed by atoms with E-state index in [-0.39, 0.29) is 24.2 Å². The van der Waals surface area contributed by atoms with Crippen LogP contribution in [0.25, 0.3) is 0 Å². The zero-order valence-electron chi connectivity index (χ0n) is 8.83. The van der Waals surface area contributed by atoms with Crippen LogP contribution in [0, 0.1) is 5.92 Å². The van der Waals surface area contributed by atoms with Crippen molar-refractivity contribution in [2.75, 3.05) is 25.4 Å². The van der Waals surface area contributed by atoms with E-state index >= 15 is 0 Å². The Labute approximate surface area is 102 Å². The van der Waals surface area contributed by atoms with Crippen molar-refractivity contribution in [2.24, 2.45) is 5.92 Å². The van der Waals surface area contributed by atoms with Gasteiger partial charge < -0.3 is 10.6 Å². The van der Waals surface area contributed by atoms with Crippen LogP contribution >= 0.6 is 24.2 Å². The molecular weight excluding hydrogens is 232 g/mol. The lowest BCUT2D eigenvalue weighted by Gasteiger charge is -2.13. The fraction of sp³-hybridized carbons (Fsp3) is 0.900. The summed E-state index contributed by atoms with van der Waals surface area (Å²) < 4.78 is 0. The molecule has 2 fully saturated rings. The van der Waals surface area contributed by atoms with E-state index in [2.05, 4.69) is 10.6 Å². The quantitative estimate of drug-likeness (QED) is 0.786. The van der Waals surface area contributed by atoms with Crippen LogP contribution in [0.3, 0.4) is 0 Å². The molecule has 3 nitrogen and oxygen atoms in total. The van der Waals surface area contributed by atoms with Crippen molar-refractivity contribution in [2.45, 2.75) is 24.5 Å². The van der Waals surface area contributed by atoms with Gasteiger partial charge >= 0.3 is 0 Å². The second-order valence-electron chi connectivity index (χ2n) is 4.07. The molecule has 0 radical (unpaired) electrons. The van der Waals surface area contributed by atoms with Gasteiger partial charge in [-0.2, -0.15) is 11.8 Å². The summed E-state index contributed by atoms with van der Waals surface area (Å²) in [5.41, 5.74) is 0. The van der Waals surface area contributed by atoms with E-state index in [0.717, 1.165) is 26.1 Å². The highest BCUT2D eigenvalue weighted by atomic mass is 35.5. The zero-order valence-corrected chi connectivity index (χ0v) is 10.5. The maximum Gasteiger partial charge on any atom is 0.224 e. The summed E-state index contributed by atoms with van der Waals surface area (Å²) in [5.74, 6) is 1.75. The second kappa shape index (κ2) is 6.61. The highest BCUT2D eigenvalue weighted by Crippen LogP contribution is 2.25. The lowest BCUT2D eigenvalue weighted by molar-refractivity contribution is -0.124. The maximum absolute atomic E-state index is 11.6. The van der Waals surface area contributed by atoms with Crippen molar-refractivity contribution in [1.29, 1.82) is 0 Å². The second-order valence-corrected chi connectivity index (χ2v) is 5.48. The Morgan fingerprint density at radius 3 is 2.93 bits per heavy atom. The van der Waals surface area contributed by atoms with Gasteiger partial charge in [0.25, 0.3) is 0 Å². The van der Waals surface area contributed by atoms with Crippen LogP contribution < -0.4 is 10.6 Å². The van der Waals surface area contributed by atoms with Gasteiger partial charge in [-0.15, -0.1) is 12.4 Å². The van der Waals surface area contributed by atoms with Gasteiger partial charge in [0.05, 0.1) is 5.92 Å². The van der Waals surface area contributed by atoms with E-state index in [0.29, 0.717) is 5.25 Å². The molecule has 88 valence electrons. The number of carbonyl (C=O) groups is 1. The third-order valence-electron chi connectivity index (χ3n) is 2.96. The topological polar surface area (TPSA) is 41.1 Å². The first kappa shape index (κ1) is 13.1. The average Bonchev–Trinajstić information content (AvgIpc) is 2.87. The number of thioether (sulfide) groups is 1. The fourth-order valence-electron chi connectivity index (χ4n) is 2.04. The van der Waals surface area contributed by atoms with Gasteiger partial charge in [0.15, 0.2) is 0 Å². The van der Waals surface area contributed by atoms with Crippen LogP contribution in [0.15, 0.2) is 0 Å². The van der Waals surface area contributed by atoms with Gasteiger partial charge in [-0.25, -0.2) is 0 Å². The summed E-state index contributed by atoms with van der Waals surface area (Å²) in [6.45, 7) is 2.74. The smallest absolute Gasteiger partial charge is 0.224 e. The molecule has 2 aliphatic rings.